The highest BCUT2D eigenvalue weighted by atomic mass is 35.5. The number of hydrogen-bond donors (Lipinski definition) is 2. The highest BCUT2D eigenvalue weighted by Crippen LogP contribution is 2.27. The summed E-state index contributed by atoms with van der Waals surface area (Å²) in [5.41, 5.74) is 1.92. The Morgan fingerprint density at radius 3 is 2.97 bits per heavy atom. The van der Waals surface area contributed by atoms with Crippen LogP contribution in [-0.4, -0.2) is 40.0 Å². The molecule has 0 bridgehead atoms. The second-order valence-electron chi connectivity index (χ2n) is 7.27. The lowest BCUT2D eigenvalue weighted by Gasteiger charge is -2.21. The number of aromatic amines is 1. The average molecular weight is 449 g/mol. The topological polar surface area (TPSA) is 106 Å². The van der Waals surface area contributed by atoms with E-state index in [1.54, 1.807) is 29.3 Å². The van der Waals surface area contributed by atoms with E-state index in [4.69, 9.17) is 16.3 Å². The fourth-order valence-electron chi connectivity index (χ4n) is 3.47. The first kappa shape index (κ1) is 21.4. The molecule has 0 radical (unpaired) electrons. The van der Waals surface area contributed by atoms with E-state index in [0.29, 0.717) is 17.4 Å². The van der Waals surface area contributed by atoms with Crippen molar-refractivity contribution in [3.8, 4) is 6.07 Å². The number of rotatable bonds is 6. The molecule has 1 aliphatic rings. The first-order chi connectivity index (χ1) is 15.6. The molecule has 8 nitrogen and oxygen atoms in total. The number of aliphatic imine (C=N–C) groups is 1. The van der Waals surface area contributed by atoms with Gasteiger partial charge in [0, 0.05) is 23.5 Å². The minimum atomic E-state index is -0.381. The highest BCUT2D eigenvalue weighted by Gasteiger charge is 2.29. The van der Waals surface area contributed by atoms with Crippen LogP contribution in [0, 0.1) is 11.3 Å². The van der Waals surface area contributed by atoms with Gasteiger partial charge in [-0.15, -0.1) is 0 Å². The molecule has 1 amide bonds. The predicted octanol–water partition coefficient (Wildman–Crippen LogP) is 5.18. The smallest absolute Gasteiger partial charge is 0.410 e. The van der Waals surface area contributed by atoms with Gasteiger partial charge in [-0.1, -0.05) is 48.0 Å². The Hall–Kier alpha value is -3.83. The molecule has 0 spiro atoms. The van der Waals surface area contributed by atoms with Gasteiger partial charge in [0.25, 0.3) is 0 Å². The molecule has 1 unspecified atom stereocenters. The van der Waals surface area contributed by atoms with Crippen molar-refractivity contribution in [1.82, 2.24) is 15.1 Å². The summed E-state index contributed by atoms with van der Waals surface area (Å²) in [6.45, 7) is 0.814. The van der Waals surface area contributed by atoms with Crippen LogP contribution >= 0.6 is 11.6 Å². The third-order valence-electron chi connectivity index (χ3n) is 5.06. The molecule has 1 saturated heterocycles. The normalized spacial score (nSPS) is 15.6. The standard InChI is InChI=1S/C23H21ClN6O2/c24-17-8-4-9-18(12-17)27-22-20(13-25)21(28-29-22)26-14-19-10-5-11-30(19)23(31)32-15-16-6-2-1-3-7-16/h1-4,6-9,12,14,19H,5,10-11,15H2,(H2,27,28,29). The van der Waals surface area contributed by atoms with Crippen LogP contribution in [0.15, 0.2) is 59.6 Å². The third-order valence-corrected chi connectivity index (χ3v) is 5.30. The van der Waals surface area contributed by atoms with Crippen LogP contribution < -0.4 is 5.32 Å². The van der Waals surface area contributed by atoms with Crippen molar-refractivity contribution in [2.75, 3.05) is 11.9 Å². The fraction of sp³-hybridized carbons (Fsp3) is 0.217. The summed E-state index contributed by atoms with van der Waals surface area (Å²) in [5, 5.41) is 20.2. The first-order valence-electron chi connectivity index (χ1n) is 10.2. The SMILES string of the molecule is N#Cc1c(N=CC2CCCN2C(=O)OCc2ccccc2)n[nH]c1Nc1cccc(Cl)c1. The van der Waals surface area contributed by atoms with E-state index in [-0.39, 0.29) is 30.1 Å². The van der Waals surface area contributed by atoms with Gasteiger partial charge in [-0.25, -0.2) is 9.79 Å². The average Bonchev–Trinajstić information content (AvgIpc) is 3.43. The molecular weight excluding hydrogens is 428 g/mol. The maximum atomic E-state index is 12.5. The zero-order valence-electron chi connectivity index (χ0n) is 17.2. The first-order valence-corrected chi connectivity index (χ1v) is 10.5. The van der Waals surface area contributed by atoms with E-state index < -0.39 is 0 Å². The summed E-state index contributed by atoms with van der Waals surface area (Å²) in [4.78, 5) is 18.6. The van der Waals surface area contributed by atoms with Gasteiger partial charge in [-0.3, -0.25) is 5.10 Å². The van der Waals surface area contributed by atoms with Gasteiger partial charge in [-0.05, 0) is 36.6 Å². The quantitative estimate of drug-likeness (QED) is 0.505. The maximum Gasteiger partial charge on any atom is 0.410 e. The largest absolute Gasteiger partial charge is 0.445 e. The van der Waals surface area contributed by atoms with Gasteiger partial charge in [0.05, 0.1) is 6.04 Å². The van der Waals surface area contributed by atoms with Crippen LogP contribution in [0.1, 0.15) is 24.0 Å². The number of nitrogens with zero attached hydrogens (tertiary/aromatic N) is 4. The third kappa shape index (κ3) is 5.07. The number of H-pyrrole nitrogens is 1. The molecule has 3 aromatic rings. The molecule has 1 aliphatic heterocycles. The molecule has 162 valence electrons. The number of ether oxygens (including phenoxy) is 1. The van der Waals surface area contributed by atoms with Crippen molar-refractivity contribution >= 4 is 41.2 Å². The fourth-order valence-corrected chi connectivity index (χ4v) is 3.66. The van der Waals surface area contributed by atoms with Gasteiger partial charge in [0.2, 0.25) is 0 Å². The summed E-state index contributed by atoms with van der Waals surface area (Å²) in [6, 6.07) is 18.6. The van der Waals surface area contributed by atoms with Crippen LogP contribution in [0.25, 0.3) is 0 Å². The molecule has 1 aromatic heterocycles. The molecule has 2 N–H and O–H groups in total. The highest BCUT2D eigenvalue weighted by molar-refractivity contribution is 6.30. The number of nitrogens with one attached hydrogen (secondary N) is 2. The Bertz CT molecular complexity index is 1150. The molecule has 0 saturated carbocycles. The van der Waals surface area contributed by atoms with Crippen molar-refractivity contribution < 1.29 is 9.53 Å². The van der Waals surface area contributed by atoms with E-state index in [2.05, 4.69) is 26.6 Å². The van der Waals surface area contributed by atoms with Gasteiger partial charge in [0.1, 0.15) is 24.1 Å². The van der Waals surface area contributed by atoms with Crippen molar-refractivity contribution in [2.45, 2.75) is 25.5 Å². The zero-order valence-corrected chi connectivity index (χ0v) is 17.9. The van der Waals surface area contributed by atoms with E-state index in [9.17, 15) is 10.1 Å². The number of aromatic nitrogens is 2. The lowest BCUT2D eigenvalue weighted by Crippen LogP contribution is -2.36. The van der Waals surface area contributed by atoms with Crippen LogP contribution in [0.5, 0.6) is 0 Å². The van der Waals surface area contributed by atoms with Gasteiger partial charge < -0.3 is 15.0 Å². The molecule has 1 fully saturated rings. The summed E-state index contributed by atoms with van der Waals surface area (Å²) in [5.74, 6) is 0.675. The molecule has 32 heavy (non-hydrogen) atoms. The second kappa shape index (κ2) is 9.98. The molecule has 9 heteroatoms. The number of benzene rings is 2. The molecule has 1 atom stereocenters. The Morgan fingerprint density at radius 2 is 2.19 bits per heavy atom. The number of likely N-dealkylation sites (tertiary alicyclic amines) is 1. The number of nitriles is 1. The summed E-state index contributed by atoms with van der Waals surface area (Å²) >= 11 is 6.01. The van der Waals surface area contributed by atoms with Crippen LogP contribution in [0.4, 0.5) is 22.1 Å². The summed E-state index contributed by atoms with van der Waals surface area (Å²) < 4.78 is 5.45. The lowest BCUT2D eigenvalue weighted by atomic mass is 10.2. The predicted molar refractivity (Wildman–Crippen MR) is 123 cm³/mol. The number of amides is 1. The van der Waals surface area contributed by atoms with Gasteiger partial charge >= 0.3 is 6.09 Å². The Morgan fingerprint density at radius 1 is 1.34 bits per heavy atom. The van der Waals surface area contributed by atoms with E-state index in [0.717, 1.165) is 24.1 Å². The summed E-state index contributed by atoms with van der Waals surface area (Å²) in [6.07, 6.45) is 2.89. The van der Waals surface area contributed by atoms with Crippen LogP contribution in [0.2, 0.25) is 5.02 Å². The van der Waals surface area contributed by atoms with Crippen molar-refractivity contribution in [3.05, 3.63) is 70.7 Å². The van der Waals surface area contributed by atoms with E-state index in [1.165, 1.54) is 0 Å². The minimum absolute atomic E-state index is 0.217. The van der Waals surface area contributed by atoms with Crippen molar-refractivity contribution in [2.24, 2.45) is 4.99 Å². The van der Waals surface area contributed by atoms with Crippen LogP contribution in [-0.2, 0) is 11.3 Å². The molecule has 2 heterocycles. The maximum absolute atomic E-state index is 12.5. The number of carbonyl (C=O) groups is 1. The van der Waals surface area contributed by atoms with Crippen LogP contribution in [0.3, 0.4) is 0 Å². The monoisotopic (exact) mass is 448 g/mol. The molecular formula is C23H21ClN6O2. The number of carbonyl (C=O) groups excluding carboxylic acids is 1. The lowest BCUT2D eigenvalue weighted by molar-refractivity contribution is 0.0997. The molecule has 2 aromatic carbocycles. The minimum Gasteiger partial charge on any atom is -0.445 e. The van der Waals surface area contributed by atoms with Crippen molar-refractivity contribution in [3.63, 3.8) is 0 Å². The van der Waals surface area contributed by atoms with Gasteiger partial charge in [0.15, 0.2) is 5.82 Å². The van der Waals surface area contributed by atoms with Crippen molar-refractivity contribution in [1.29, 1.82) is 5.26 Å². The zero-order chi connectivity index (χ0) is 22.3. The summed E-state index contributed by atoms with van der Waals surface area (Å²) in [7, 11) is 0. The number of hydrogen-bond acceptors (Lipinski definition) is 6. The number of anilines is 2. The molecule has 0 aliphatic carbocycles. The number of halogens is 1. The Kier molecular flexibility index (Phi) is 6.68. The Balaban J connectivity index is 1.42. The Labute approximate surface area is 190 Å². The van der Waals surface area contributed by atoms with E-state index >= 15 is 0 Å². The van der Waals surface area contributed by atoms with E-state index in [1.807, 2.05) is 36.4 Å². The molecule has 4 rings (SSSR count). The van der Waals surface area contributed by atoms with Gasteiger partial charge in [-0.2, -0.15) is 10.4 Å². The second-order valence-corrected chi connectivity index (χ2v) is 7.70.